The highest BCUT2D eigenvalue weighted by atomic mass is 16.5. The van der Waals surface area contributed by atoms with Gasteiger partial charge in [-0.2, -0.15) is 0 Å². The van der Waals surface area contributed by atoms with Crippen LogP contribution in [0.3, 0.4) is 0 Å². The second-order valence-electron chi connectivity index (χ2n) is 3.95. The van der Waals surface area contributed by atoms with Gasteiger partial charge in [-0.25, -0.2) is 9.97 Å². The molecule has 104 valence electrons. The van der Waals surface area contributed by atoms with Crippen LogP contribution in [0.2, 0.25) is 0 Å². The number of aryl methyl sites for hydroxylation is 1. The lowest BCUT2D eigenvalue weighted by Crippen LogP contribution is -2.16. The summed E-state index contributed by atoms with van der Waals surface area (Å²) >= 11 is 0. The molecule has 3 N–H and O–H groups in total. The average Bonchev–Trinajstić information content (AvgIpc) is 2.48. The third-order valence-electron chi connectivity index (χ3n) is 2.54. The summed E-state index contributed by atoms with van der Waals surface area (Å²) in [6.45, 7) is 1.94. The monoisotopic (exact) mass is 274 g/mol. The van der Waals surface area contributed by atoms with Crippen LogP contribution in [0, 0.1) is 6.92 Å². The van der Waals surface area contributed by atoms with E-state index in [2.05, 4.69) is 15.1 Å². The van der Waals surface area contributed by atoms with Gasteiger partial charge in [0.05, 0.1) is 7.11 Å². The van der Waals surface area contributed by atoms with E-state index in [-0.39, 0.29) is 17.4 Å². The van der Waals surface area contributed by atoms with Gasteiger partial charge in [0.1, 0.15) is 0 Å². The molecule has 0 saturated carbocycles. The van der Waals surface area contributed by atoms with Crippen molar-refractivity contribution in [3.05, 3.63) is 41.9 Å². The zero-order valence-electron chi connectivity index (χ0n) is 11.1. The Morgan fingerprint density at radius 3 is 2.70 bits per heavy atom. The van der Waals surface area contributed by atoms with Crippen molar-refractivity contribution in [3.8, 4) is 17.4 Å². The van der Waals surface area contributed by atoms with Crippen LogP contribution in [0.4, 0.5) is 0 Å². The van der Waals surface area contributed by atoms with E-state index in [1.807, 2.05) is 19.1 Å². The van der Waals surface area contributed by atoms with Crippen LogP contribution in [0.25, 0.3) is 0 Å². The number of amidine groups is 1. The Hall–Kier alpha value is -2.83. The molecule has 20 heavy (non-hydrogen) atoms. The molecule has 0 atom stereocenters. The van der Waals surface area contributed by atoms with Crippen molar-refractivity contribution in [1.29, 1.82) is 0 Å². The maximum absolute atomic E-state index is 8.73. The van der Waals surface area contributed by atoms with Crippen molar-refractivity contribution in [2.75, 3.05) is 7.11 Å². The standard InChI is InChI=1S/C13H14N4O3/c1-8-3-4-9(10(7-8)19-2)20-13-11(12(14)17-18)15-5-6-16-13/h3-7,18H,1-2H3,(H2,14,17). The number of rotatable bonds is 4. The first-order valence-corrected chi connectivity index (χ1v) is 5.77. The molecule has 0 unspecified atom stereocenters. The number of nitrogens with two attached hydrogens (primary N) is 1. The smallest absolute Gasteiger partial charge is 0.249 e. The molecule has 1 aromatic heterocycles. The van der Waals surface area contributed by atoms with Crippen LogP contribution in [0.5, 0.6) is 17.4 Å². The maximum Gasteiger partial charge on any atom is 0.249 e. The summed E-state index contributed by atoms with van der Waals surface area (Å²) in [6.07, 6.45) is 2.87. The number of ether oxygens (including phenoxy) is 2. The second kappa shape index (κ2) is 5.87. The van der Waals surface area contributed by atoms with E-state index in [9.17, 15) is 0 Å². The van der Waals surface area contributed by atoms with Gasteiger partial charge in [0, 0.05) is 12.4 Å². The highest BCUT2D eigenvalue weighted by molar-refractivity contribution is 5.97. The molecule has 0 aliphatic rings. The lowest BCUT2D eigenvalue weighted by Gasteiger charge is -2.11. The summed E-state index contributed by atoms with van der Waals surface area (Å²) < 4.78 is 10.9. The molecular weight excluding hydrogens is 260 g/mol. The van der Waals surface area contributed by atoms with E-state index in [1.165, 1.54) is 12.4 Å². The lowest BCUT2D eigenvalue weighted by atomic mass is 10.2. The Kier molecular flexibility index (Phi) is 3.99. The first kappa shape index (κ1) is 13.6. The number of aromatic nitrogens is 2. The molecule has 0 spiro atoms. The molecule has 0 amide bonds. The van der Waals surface area contributed by atoms with Crippen LogP contribution >= 0.6 is 0 Å². The van der Waals surface area contributed by atoms with Crippen molar-refractivity contribution in [2.24, 2.45) is 10.9 Å². The van der Waals surface area contributed by atoms with Gasteiger partial charge >= 0.3 is 0 Å². The fraction of sp³-hybridized carbons (Fsp3) is 0.154. The van der Waals surface area contributed by atoms with Crippen molar-refractivity contribution in [1.82, 2.24) is 9.97 Å². The van der Waals surface area contributed by atoms with Gasteiger partial charge in [-0.15, -0.1) is 0 Å². The number of oxime groups is 1. The third kappa shape index (κ3) is 2.77. The van der Waals surface area contributed by atoms with Crippen LogP contribution in [0.1, 0.15) is 11.3 Å². The van der Waals surface area contributed by atoms with Crippen molar-refractivity contribution in [2.45, 2.75) is 6.92 Å². The Bertz CT molecular complexity index is 643. The third-order valence-corrected chi connectivity index (χ3v) is 2.54. The van der Waals surface area contributed by atoms with Gasteiger partial charge in [-0.3, -0.25) is 0 Å². The zero-order chi connectivity index (χ0) is 14.5. The van der Waals surface area contributed by atoms with E-state index < -0.39 is 0 Å². The molecule has 0 bridgehead atoms. The van der Waals surface area contributed by atoms with Crippen molar-refractivity contribution >= 4 is 5.84 Å². The Morgan fingerprint density at radius 1 is 1.25 bits per heavy atom. The number of nitrogens with zero attached hydrogens (tertiary/aromatic N) is 3. The number of benzene rings is 1. The largest absolute Gasteiger partial charge is 0.493 e. The number of hydrogen-bond acceptors (Lipinski definition) is 6. The SMILES string of the molecule is COc1cc(C)ccc1Oc1nccnc1C(N)=NO. The minimum atomic E-state index is -0.181. The van der Waals surface area contributed by atoms with E-state index >= 15 is 0 Å². The van der Waals surface area contributed by atoms with Gasteiger partial charge in [0.15, 0.2) is 23.0 Å². The summed E-state index contributed by atoms with van der Waals surface area (Å²) in [7, 11) is 1.54. The summed E-state index contributed by atoms with van der Waals surface area (Å²) in [5, 5.41) is 11.6. The fourth-order valence-corrected chi connectivity index (χ4v) is 1.59. The van der Waals surface area contributed by atoms with E-state index in [1.54, 1.807) is 13.2 Å². The highest BCUT2D eigenvalue weighted by Crippen LogP contribution is 2.32. The zero-order valence-corrected chi connectivity index (χ0v) is 11.1. The quantitative estimate of drug-likeness (QED) is 0.380. The molecule has 0 aliphatic carbocycles. The molecule has 0 aliphatic heterocycles. The van der Waals surface area contributed by atoms with Crippen LogP contribution in [-0.2, 0) is 0 Å². The molecule has 0 radical (unpaired) electrons. The predicted octanol–water partition coefficient (Wildman–Crippen LogP) is 1.68. The topological polar surface area (TPSA) is 103 Å². The van der Waals surface area contributed by atoms with Crippen LogP contribution in [-0.4, -0.2) is 28.1 Å². The molecule has 1 heterocycles. The first-order valence-electron chi connectivity index (χ1n) is 5.77. The maximum atomic E-state index is 8.73. The summed E-state index contributed by atoms with van der Waals surface area (Å²) in [4.78, 5) is 8.00. The molecule has 1 aromatic carbocycles. The Balaban J connectivity index is 2.40. The predicted molar refractivity (Wildman–Crippen MR) is 72.3 cm³/mol. The molecule has 7 nitrogen and oxygen atoms in total. The molecular formula is C13H14N4O3. The van der Waals surface area contributed by atoms with Crippen molar-refractivity contribution < 1.29 is 14.7 Å². The van der Waals surface area contributed by atoms with Crippen molar-refractivity contribution in [3.63, 3.8) is 0 Å². The fourth-order valence-electron chi connectivity index (χ4n) is 1.59. The molecule has 0 saturated heterocycles. The molecule has 0 fully saturated rings. The van der Waals surface area contributed by atoms with Gasteiger partial charge in [-0.1, -0.05) is 11.2 Å². The van der Waals surface area contributed by atoms with E-state index in [0.717, 1.165) is 5.56 Å². The Labute approximate surface area is 115 Å². The van der Waals surface area contributed by atoms with Gasteiger partial charge in [0.2, 0.25) is 5.88 Å². The van der Waals surface area contributed by atoms with Gasteiger partial charge in [0.25, 0.3) is 0 Å². The summed E-state index contributed by atoms with van der Waals surface area (Å²) in [6, 6.07) is 5.45. The van der Waals surface area contributed by atoms with Crippen LogP contribution < -0.4 is 15.2 Å². The Morgan fingerprint density at radius 2 is 2.00 bits per heavy atom. The van der Waals surface area contributed by atoms with E-state index in [0.29, 0.717) is 11.5 Å². The minimum Gasteiger partial charge on any atom is -0.493 e. The summed E-state index contributed by atoms with van der Waals surface area (Å²) in [5.74, 6) is 0.968. The van der Waals surface area contributed by atoms with Crippen LogP contribution in [0.15, 0.2) is 35.7 Å². The van der Waals surface area contributed by atoms with E-state index in [4.69, 9.17) is 20.4 Å². The molecule has 7 heteroatoms. The molecule has 2 rings (SSSR count). The number of hydrogen-bond donors (Lipinski definition) is 2. The highest BCUT2D eigenvalue weighted by Gasteiger charge is 2.14. The summed E-state index contributed by atoms with van der Waals surface area (Å²) in [5.41, 5.74) is 6.71. The number of methoxy groups -OCH3 is 1. The lowest BCUT2D eigenvalue weighted by molar-refractivity contribution is 0.318. The average molecular weight is 274 g/mol. The first-order chi connectivity index (χ1) is 9.65. The van der Waals surface area contributed by atoms with Gasteiger partial charge in [-0.05, 0) is 24.6 Å². The minimum absolute atomic E-state index is 0.130. The normalized spacial score (nSPS) is 11.2. The van der Waals surface area contributed by atoms with Gasteiger partial charge < -0.3 is 20.4 Å². The second-order valence-corrected chi connectivity index (χ2v) is 3.95. The molecule has 2 aromatic rings.